The number of carbonyl (C=O) groups is 1. The van der Waals surface area contributed by atoms with E-state index in [9.17, 15) is 4.79 Å². The third-order valence-corrected chi connectivity index (χ3v) is 4.60. The summed E-state index contributed by atoms with van der Waals surface area (Å²) in [7, 11) is 0. The van der Waals surface area contributed by atoms with Crippen molar-refractivity contribution in [1.29, 1.82) is 0 Å². The number of piperidine rings is 1. The summed E-state index contributed by atoms with van der Waals surface area (Å²) < 4.78 is 5.76. The number of amides is 1. The van der Waals surface area contributed by atoms with E-state index in [1.807, 2.05) is 25.1 Å². The summed E-state index contributed by atoms with van der Waals surface area (Å²) in [5.41, 5.74) is 0. The molecule has 0 saturated carbocycles. The molecule has 1 aliphatic rings. The molecule has 1 fully saturated rings. The van der Waals surface area contributed by atoms with Crippen LogP contribution in [-0.2, 0) is 4.79 Å². The van der Waals surface area contributed by atoms with Gasteiger partial charge in [-0.2, -0.15) is 0 Å². The molecule has 2 rings (SSSR count). The number of halogens is 2. The van der Waals surface area contributed by atoms with Crippen LogP contribution in [-0.4, -0.2) is 31.6 Å². The second-order valence-corrected chi connectivity index (χ2v) is 6.91. The molecule has 6 heteroatoms. The monoisotopic (exact) mass is 374 g/mol. The van der Waals surface area contributed by atoms with Gasteiger partial charge in [0.2, 0.25) is 5.91 Å². The molecule has 0 aliphatic carbocycles. The number of benzene rings is 1. The van der Waals surface area contributed by atoms with Crippen molar-refractivity contribution in [2.45, 2.75) is 39.2 Å². The van der Waals surface area contributed by atoms with Crippen molar-refractivity contribution in [1.82, 2.24) is 10.6 Å². The Balaban J connectivity index is 0.00000288. The molecule has 24 heavy (non-hydrogen) atoms. The van der Waals surface area contributed by atoms with Crippen LogP contribution in [0.1, 0.15) is 33.1 Å². The normalized spacial score (nSPS) is 19.7. The quantitative estimate of drug-likeness (QED) is 0.765. The van der Waals surface area contributed by atoms with Crippen LogP contribution in [0.5, 0.6) is 5.75 Å². The summed E-state index contributed by atoms with van der Waals surface area (Å²) in [4.78, 5) is 12.1. The van der Waals surface area contributed by atoms with E-state index in [0.717, 1.165) is 18.8 Å². The second kappa shape index (κ2) is 10.8. The standard InChI is InChI=1S/C18H27ClN2O2.ClH/c1-13(15-5-4-8-20-12-15)9-18(22)21-11-14(2)23-17-7-3-6-16(19)10-17;/h3,6-7,10,13-15,20H,4-5,8-9,11-12H2,1-2H3,(H,21,22);1H. The molecule has 1 aliphatic heterocycles. The van der Waals surface area contributed by atoms with E-state index in [1.54, 1.807) is 6.07 Å². The third-order valence-electron chi connectivity index (χ3n) is 4.37. The van der Waals surface area contributed by atoms with Crippen LogP contribution >= 0.6 is 24.0 Å². The van der Waals surface area contributed by atoms with Crippen molar-refractivity contribution in [3.63, 3.8) is 0 Å². The Morgan fingerprint density at radius 2 is 2.25 bits per heavy atom. The summed E-state index contributed by atoms with van der Waals surface area (Å²) in [5.74, 6) is 1.84. The lowest BCUT2D eigenvalue weighted by molar-refractivity contribution is -0.122. The van der Waals surface area contributed by atoms with Crippen LogP contribution < -0.4 is 15.4 Å². The molecule has 136 valence electrons. The van der Waals surface area contributed by atoms with E-state index in [2.05, 4.69) is 17.6 Å². The fraction of sp³-hybridized carbons (Fsp3) is 0.611. The first-order valence-corrected chi connectivity index (χ1v) is 8.82. The highest BCUT2D eigenvalue weighted by Crippen LogP contribution is 2.22. The molecule has 1 amide bonds. The van der Waals surface area contributed by atoms with Crippen molar-refractivity contribution in [3.8, 4) is 5.75 Å². The minimum Gasteiger partial charge on any atom is -0.489 e. The van der Waals surface area contributed by atoms with Gasteiger partial charge < -0.3 is 15.4 Å². The molecule has 1 aromatic rings. The Bertz CT molecular complexity index is 508. The van der Waals surface area contributed by atoms with Gasteiger partial charge in [-0.1, -0.05) is 24.6 Å². The molecule has 0 aromatic heterocycles. The molecule has 0 radical (unpaired) electrons. The largest absolute Gasteiger partial charge is 0.489 e. The average molecular weight is 375 g/mol. The van der Waals surface area contributed by atoms with Gasteiger partial charge in [0.25, 0.3) is 0 Å². The van der Waals surface area contributed by atoms with Crippen molar-refractivity contribution in [2.24, 2.45) is 11.8 Å². The maximum Gasteiger partial charge on any atom is 0.220 e. The fourth-order valence-corrected chi connectivity index (χ4v) is 3.15. The van der Waals surface area contributed by atoms with Crippen LogP contribution in [0.3, 0.4) is 0 Å². The smallest absolute Gasteiger partial charge is 0.220 e. The number of hydrogen-bond acceptors (Lipinski definition) is 3. The van der Waals surface area contributed by atoms with Gasteiger partial charge in [0.15, 0.2) is 0 Å². The van der Waals surface area contributed by atoms with Crippen LogP contribution in [0.4, 0.5) is 0 Å². The predicted octanol–water partition coefficient (Wildman–Crippen LogP) is 3.67. The van der Waals surface area contributed by atoms with Gasteiger partial charge in [0, 0.05) is 11.4 Å². The molecule has 1 saturated heterocycles. The van der Waals surface area contributed by atoms with Crippen LogP contribution in [0.2, 0.25) is 5.02 Å². The van der Waals surface area contributed by atoms with Gasteiger partial charge in [0.1, 0.15) is 11.9 Å². The molecular weight excluding hydrogens is 347 g/mol. The second-order valence-electron chi connectivity index (χ2n) is 6.48. The molecule has 4 nitrogen and oxygen atoms in total. The molecule has 3 unspecified atom stereocenters. The van der Waals surface area contributed by atoms with Crippen molar-refractivity contribution in [2.75, 3.05) is 19.6 Å². The predicted molar refractivity (Wildman–Crippen MR) is 101 cm³/mol. The maximum absolute atomic E-state index is 12.1. The highest BCUT2D eigenvalue weighted by Gasteiger charge is 2.22. The Hall–Kier alpha value is -0.970. The lowest BCUT2D eigenvalue weighted by atomic mass is 9.85. The van der Waals surface area contributed by atoms with E-state index in [0.29, 0.717) is 29.8 Å². The number of ether oxygens (including phenoxy) is 1. The van der Waals surface area contributed by atoms with Crippen molar-refractivity contribution in [3.05, 3.63) is 29.3 Å². The Kier molecular flexibility index (Phi) is 9.49. The molecule has 0 bridgehead atoms. The Morgan fingerprint density at radius 1 is 1.46 bits per heavy atom. The average Bonchev–Trinajstić information content (AvgIpc) is 2.54. The summed E-state index contributed by atoms with van der Waals surface area (Å²) in [6, 6.07) is 7.30. The number of carbonyl (C=O) groups excluding carboxylic acids is 1. The van der Waals surface area contributed by atoms with Gasteiger partial charge in [0.05, 0.1) is 6.54 Å². The number of rotatable bonds is 7. The summed E-state index contributed by atoms with van der Waals surface area (Å²) >= 11 is 5.93. The van der Waals surface area contributed by atoms with Crippen LogP contribution in [0, 0.1) is 11.8 Å². The van der Waals surface area contributed by atoms with Gasteiger partial charge in [-0.25, -0.2) is 0 Å². The molecule has 1 aromatic carbocycles. The third kappa shape index (κ3) is 7.29. The number of hydrogen-bond donors (Lipinski definition) is 2. The molecule has 0 spiro atoms. The lowest BCUT2D eigenvalue weighted by Gasteiger charge is -2.28. The molecule has 2 N–H and O–H groups in total. The molecule has 1 heterocycles. The van der Waals surface area contributed by atoms with Gasteiger partial charge in [-0.3, -0.25) is 4.79 Å². The zero-order valence-corrected chi connectivity index (χ0v) is 16.0. The van der Waals surface area contributed by atoms with E-state index in [4.69, 9.17) is 16.3 Å². The van der Waals surface area contributed by atoms with E-state index >= 15 is 0 Å². The first-order chi connectivity index (χ1) is 11.0. The Morgan fingerprint density at radius 3 is 2.92 bits per heavy atom. The van der Waals surface area contributed by atoms with Gasteiger partial charge >= 0.3 is 0 Å². The number of nitrogens with one attached hydrogen (secondary N) is 2. The van der Waals surface area contributed by atoms with E-state index in [1.165, 1.54) is 12.8 Å². The van der Waals surface area contributed by atoms with Gasteiger partial charge in [-0.05, 0) is 62.9 Å². The molecular formula is C18H28Cl2N2O2. The van der Waals surface area contributed by atoms with Gasteiger partial charge in [-0.15, -0.1) is 12.4 Å². The zero-order valence-electron chi connectivity index (χ0n) is 14.4. The van der Waals surface area contributed by atoms with Crippen LogP contribution in [0.25, 0.3) is 0 Å². The minimum atomic E-state index is -0.0935. The zero-order chi connectivity index (χ0) is 16.7. The van der Waals surface area contributed by atoms with Crippen molar-refractivity contribution < 1.29 is 9.53 Å². The minimum absolute atomic E-state index is 0. The summed E-state index contributed by atoms with van der Waals surface area (Å²) in [6.45, 7) is 6.75. The first-order valence-electron chi connectivity index (χ1n) is 8.44. The topological polar surface area (TPSA) is 50.4 Å². The van der Waals surface area contributed by atoms with E-state index < -0.39 is 0 Å². The lowest BCUT2D eigenvalue weighted by Crippen LogP contribution is -2.37. The fourth-order valence-electron chi connectivity index (χ4n) is 2.97. The van der Waals surface area contributed by atoms with Crippen molar-refractivity contribution >= 4 is 29.9 Å². The SMILES string of the molecule is CC(CNC(=O)CC(C)C1CCCNC1)Oc1cccc(Cl)c1.Cl. The van der Waals surface area contributed by atoms with E-state index in [-0.39, 0.29) is 24.4 Å². The van der Waals surface area contributed by atoms with Crippen LogP contribution in [0.15, 0.2) is 24.3 Å². The highest BCUT2D eigenvalue weighted by atomic mass is 35.5. The summed E-state index contributed by atoms with van der Waals surface area (Å²) in [6.07, 6.45) is 2.91. The maximum atomic E-state index is 12.1. The summed E-state index contributed by atoms with van der Waals surface area (Å²) in [5, 5.41) is 7.03. The molecule has 3 atom stereocenters. The highest BCUT2D eigenvalue weighted by molar-refractivity contribution is 6.30. The Labute approximate surface area is 156 Å². The first kappa shape index (κ1) is 21.1.